The van der Waals surface area contributed by atoms with Crippen LogP contribution < -0.4 is 4.74 Å². The maximum Gasteiger partial charge on any atom is 0.150 e. The Morgan fingerprint density at radius 2 is 1.82 bits per heavy atom. The lowest BCUT2D eigenvalue weighted by Crippen LogP contribution is -1.91. The Morgan fingerprint density at radius 1 is 1.06 bits per heavy atom. The number of carbonyl (C=O) groups is 1. The van der Waals surface area contributed by atoms with Crippen LogP contribution in [0.3, 0.4) is 0 Å². The molecule has 0 bridgehead atoms. The van der Waals surface area contributed by atoms with Crippen LogP contribution in [-0.2, 0) is 0 Å². The SMILES string of the molecule is COc1ccccc1-c1cc(C=O)ccc1C. The summed E-state index contributed by atoms with van der Waals surface area (Å²) in [6.45, 7) is 2.02. The second kappa shape index (κ2) is 4.83. The summed E-state index contributed by atoms with van der Waals surface area (Å²) in [6, 6.07) is 13.5. The highest BCUT2D eigenvalue weighted by Crippen LogP contribution is 2.32. The minimum Gasteiger partial charge on any atom is -0.496 e. The van der Waals surface area contributed by atoms with Crippen LogP contribution >= 0.6 is 0 Å². The minimum atomic E-state index is 0.677. The van der Waals surface area contributed by atoms with E-state index >= 15 is 0 Å². The largest absolute Gasteiger partial charge is 0.496 e. The van der Waals surface area contributed by atoms with Gasteiger partial charge in [0.15, 0.2) is 0 Å². The molecule has 0 aromatic heterocycles. The fourth-order valence-electron chi connectivity index (χ4n) is 1.87. The summed E-state index contributed by atoms with van der Waals surface area (Å²) in [5.41, 5.74) is 3.85. The molecule has 2 nitrogen and oxygen atoms in total. The molecule has 0 N–H and O–H groups in total. The zero-order valence-corrected chi connectivity index (χ0v) is 9.94. The van der Waals surface area contributed by atoms with Crippen molar-refractivity contribution in [1.82, 2.24) is 0 Å². The van der Waals surface area contributed by atoms with Crippen LogP contribution in [0, 0.1) is 6.92 Å². The van der Waals surface area contributed by atoms with Crippen LogP contribution in [0.25, 0.3) is 11.1 Å². The molecule has 0 heterocycles. The van der Waals surface area contributed by atoms with Gasteiger partial charge in [-0.15, -0.1) is 0 Å². The molecule has 0 amide bonds. The Bertz CT molecular complexity index is 544. The first-order chi connectivity index (χ1) is 8.26. The highest BCUT2D eigenvalue weighted by molar-refractivity contribution is 5.81. The summed E-state index contributed by atoms with van der Waals surface area (Å²) >= 11 is 0. The first-order valence-corrected chi connectivity index (χ1v) is 5.45. The number of carbonyl (C=O) groups excluding carboxylic acids is 1. The first-order valence-electron chi connectivity index (χ1n) is 5.45. The van der Waals surface area contributed by atoms with E-state index in [1.54, 1.807) is 7.11 Å². The molecule has 2 aromatic rings. The summed E-state index contributed by atoms with van der Waals surface area (Å²) in [5, 5.41) is 0. The van der Waals surface area contributed by atoms with Gasteiger partial charge in [0.2, 0.25) is 0 Å². The lowest BCUT2D eigenvalue weighted by molar-refractivity contribution is 0.112. The quantitative estimate of drug-likeness (QED) is 0.749. The normalized spacial score (nSPS) is 10.0. The Morgan fingerprint density at radius 3 is 2.53 bits per heavy atom. The van der Waals surface area contributed by atoms with Gasteiger partial charge in [-0.25, -0.2) is 0 Å². The summed E-state index contributed by atoms with van der Waals surface area (Å²) < 4.78 is 5.34. The van der Waals surface area contributed by atoms with Gasteiger partial charge in [0.05, 0.1) is 7.11 Å². The number of hydrogen-bond acceptors (Lipinski definition) is 2. The summed E-state index contributed by atoms with van der Waals surface area (Å²) in [7, 11) is 1.65. The Hall–Kier alpha value is -2.09. The highest BCUT2D eigenvalue weighted by atomic mass is 16.5. The van der Waals surface area contributed by atoms with Gasteiger partial charge in [0, 0.05) is 11.1 Å². The van der Waals surface area contributed by atoms with Crippen molar-refractivity contribution in [1.29, 1.82) is 0 Å². The van der Waals surface area contributed by atoms with Crippen molar-refractivity contribution in [2.24, 2.45) is 0 Å². The van der Waals surface area contributed by atoms with E-state index in [1.807, 2.05) is 49.4 Å². The highest BCUT2D eigenvalue weighted by Gasteiger charge is 2.08. The smallest absolute Gasteiger partial charge is 0.150 e. The van der Waals surface area contributed by atoms with Crippen molar-refractivity contribution >= 4 is 6.29 Å². The van der Waals surface area contributed by atoms with Crippen molar-refractivity contribution in [3.8, 4) is 16.9 Å². The fourth-order valence-corrected chi connectivity index (χ4v) is 1.87. The summed E-state index contributed by atoms with van der Waals surface area (Å²) in [4.78, 5) is 10.8. The molecule has 0 unspecified atom stereocenters. The van der Waals surface area contributed by atoms with Gasteiger partial charge in [-0.05, 0) is 30.2 Å². The molecule has 0 radical (unpaired) electrons. The number of aryl methyl sites for hydroxylation is 1. The number of rotatable bonds is 3. The second-order valence-electron chi connectivity index (χ2n) is 3.89. The molecule has 2 aromatic carbocycles. The van der Waals surface area contributed by atoms with Gasteiger partial charge in [0.1, 0.15) is 12.0 Å². The third-order valence-electron chi connectivity index (χ3n) is 2.79. The fraction of sp³-hybridized carbons (Fsp3) is 0.133. The molecule has 0 saturated heterocycles. The predicted octanol–water partition coefficient (Wildman–Crippen LogP) is 3.48. The molecule has 17 heavy (non-hydrogen) atoms. The van der Waals surface area contributed by atoms with Crippen LogP contribution in [-0.4, -0.2) is 13.4 Å². The van der Waals surface area contributed by atoms with Crippen LogP contribution in [0.1, 0.15) is 15.9 Å². The molecule has 0 spiro atoms. The van der Waals surface area contributed by atoms with E-state index in [0.29, 0.717) is 5.56 Å². The van der Waals surface area contributed by atoms with E-state index < -0.39 is 0 Å². The number of benzene rings is 2. The lowest BCUT2D eigenvalue weighted by atomic mass is 9.98. The summed E-state index contributed by atoms with van der Waals surface area (Å²) in [5.74, 6) is 0.818. The number of para-hydroxylation sites is 1. The Labute approximate surface area is 101 Å². The molecular formula is C15H14O2. The molecule has 0 atom stereocenters. The number of methoxy groups -OCH3 is 1. The average molecular weight is 226 g/mol. The van der Waals surface area contributed by atoms with E-state index in [2.05, 4.69) is 0 Å². The average Bonchev–Trinajstić information content (AvgIpc) is 2.39. The van der Waals surface area contributed by atoms with E-state index in [4.69, 9.17) is 4.74 Å². The number of aldehydes is 1. The Balaban J connectivity index is 2.62. The molecular weight excluding hydrogens is 212 g/mol. The van der Waals surface area contributed by atoms with Crippen LogP contribution in [0.15, 0.2) is 42.5 Å². The maximum atomic E-state index is 10.8. The van der Waals surface area contributed by atoms with E-state index in [0.717, 1.165) is 28.7 Å². The van der Waals surface area contributed by atoms with Crippen molar-refractivity contribution in [3.63, 3.8) is 0 Å². The van der Waals surface area contributed by atoms with Gasteiger partial charge in [-0.2, -0.15) is 0 Å². The third kappa shape index (κ3) is 2.21. The topological polar surface area (TPSA) is 26.3 Å². The van der Waals surface area contributed by atoms with Gasteiger partial charge >= 0.3 is 0 Å². The van der Waals surface area contributed by atoms with Crippen molar-refractivity contribution in [2.45, 2.75) is 6.92 Å². The van der Waals surface area contributed by atoms with E-state index in [9.17, 15) is 4.79 Å². The van der Waals surface area contributed by atoms with Gasteiger partial charge in [0.25, 0.3) is 0 Å². The van der Waals surface area contributed by atoms with Crippen LogP contribution in [0.2, 0.25) is 0 Å². The molecule has 86 valence electrons. The molecule has 2 heteroatoms. The molecule has 0 aliphatic rings. The molecule has 2 rings (SSSR count). The van der Waals surface area contributed by atoms with Crippen LogP contribution in [0.4, 0.5) is 0 Å². The van der Waals surface area contributed by atoms with Crippen molar-refractivity contribution in [3.05, 3.63) is 53.6 Å². The Kier molecular flexibility index (Phi) is 3.24. The third-order valence-corrected chi connectivity index (χ3v) is 2.79. The molecule has 0 fully saturated rings. The second-order valence-corrected chi connectivity index (χ2v) is 3.89. The van der Waals surface area contributed by atoms with Gasteiger partial charge < -0.3 is 4.74 Å². The molecule has 0 aliphatic heterocycles. The maximum absolute atomic E-state index is 10.8. The number of hydrogen-bond donors (Lipinski definition) is 0. The zero-order chi connectivity index (χ0) is 12.3. The zero-order valence-electron chi connectivity index (χ0n) is 9.94. The molecule has 0 saturated carbocycles. The standard InChI is InChI=1S/C15H14O2/c1-11-7-8-12(10-16)9-14(11)13-5-3-4-6-15(13)17-2/h3-10H,1-2H3. The van der Waals surface area contributed by atoms with Crippen LogP contribution in [0.5, 0.6) is 5.75 Å². The van der Waals surface area contributed by atoms with Crippen molar-refractivity contribution < 1.29 is 9.53 Å². The monoisotopic (exact) mass is 226 g/mol. The van der Waals surface area contributed by atoms with E-state index in [-0.39, 0.29) is 0 Å². The molecule has 0 aliphatic carbocycles. The first kappa shape index (κ1) is 11.4. The van der Waals surface area contributed by atoms with Gasteiger partial charge in [-0.1, -0.05) is 30.3 Å². The minimum absolute atomic E-state index is 0.677. The number of ether oxygens (including phenoxy) is 1. The summed E-state index contributed by atoms with van der Waals surface area (Å²) in [6.07, 6.45) is 0.859. The predicted molar refractivity (Wildman–Crippen MR) is 68.6 cm³/mol. The van der Waals surface area contributed by atoms with E-state index in [1.165, 1.54) is 0 Å². The van der Waals surface area contributed by atoms with Gasteiger partial charge in [-0.3, -0.25) is 4.79 Å². The van der Waals surface area contributed by atoms with Crippen molar-refractivity contribution in [2.75, 3.05) is 7.11 Å². The lowest BCUT2D eigenvalue weighted by Gasteiger charge is -2.11.